The van der Waals surface area contributed by atoms with E-state index in [-0.39, 0.29) is 0 Å². The van der Waals surface area contributed by atoms with Gasteiger partial charge >= 0.3 is 0 Å². The van der Waals surface area contributed by atoms with Crippen molar-refractivity contribution in [2.45, 2.75) is 31.6 Å². The van der Waals surface area contributed by atoms with Crippen molar-refractivity contribution in [3.63, 3.8) is 0 Å². The van der Waals surface area contributed by atoms with E-state index in [4.69, 9.17) is 5.73 Å². The van der Waals surface area contributed by atoms with E-state index in [1.807, 2.05) is 0 Å². The molecule has 1 aromatic carbocycles. The second-order valence-corrected chi connectivity index (χ2v) is 5.06. The first-order valence-corrected chi connectivity index (χ1v) is 6.87. The summed E-state index contributed by atoms with van der Waals surface area (Å²) in [6, 6.07) is 10.7. The van der Waals surface area contributed by atoms with Crippen LogP contribution in [0.4, 0.5) is 0 Å². The summed E-state index contributed by atoms with van der Waals surface area (Å²) in [5, 5.41) is 0. The maximum atomic E-state index is 5.93. The Morgan fingerprint density at radius 3 is 2.24 bits per heavy atom. The number of nitrogens with zero attached hydrogens (tertiary/aromatic N) is 1. The summed E-state index contributed by atoms with van der Waals surface area (Å²) < 4.78 is 0. The van der Waals surface area contributed by atoms with Crippen LogP contribution in [0.5, 0.6) is 0 Å². The van der Waals surface area contributed by atoms with Gasteiger partial charge in [0.1, 0.15) is 0 Å². The summed E-state index contributed by atoms with van der Waals surface area (Å²) in [4.78, 5) is 2.59. The average molecular weight is 232 g/mol. The van der Waals surface area contributed by atoms with Crippen LogP contribution >= 0.6 is 0 Å². The van der Waals surface area contributed by atoms with E-state index in [0.29, 0.717) is 5.92 Å². The van der Waals surface area contributed by atoms with E-state index >= 15 is 0 Å². The standard InChI is InChI=1S/C15H24N2/c16-12-15(14-8-4-3-5-9-14)13-17-10-6-1-2-7-11-17/h3-5,8-9,15H,1-2,6-7,10-13,16H2. The van der Waals surface area contributed by atoms with E-state index in [1.54, 1.807) is 0 Å². The Hall–Kier alpha value is -0.860. The van der Waals surface area contributed by atoms with Crippen molar-refractivity contribution in [2.24, 2.45) is 5.73 Å². The highest BCUT2D eigenvalue weighted by atomic mass is 15.1. The lowest BCUT2D eigenvalue weighted by molar-refractivity contribution is 0.267. The summed E-state index contributed by atoms with van der Waals surface area (Å²) in [5.74, 6) is 0.495. The second kappa shape index (κ2) is 6.77. The largest absolute Gasteiger partial charge is 0.330 e. The lowest BCUT2D eigenvalue weighted by Crippen LogP contribution is -2.32. The normalized spacial score (nSPS) is 19.8. The van der Waals surface area contributed by atoms with E-state index in [1.165, 1.54) is 44.3 Å². The molecule has 1 aliphatic rings. The molecule has 2 heteroatoms. The van der Waals surface area contributed by atoms with Gasteiger partial charge in [-0.25, -0.2) is 0 Å². The van der Waals surface area contributed by atoms with Gasteiger partial charge in [-0.05, 0) is 31.5 Å². The fraction of sp³-hybridized carbons (Fsp3) is 0.600. The molecule has 1 aromatic rings. The molecule has 0 saturated carbocycles. The lowest BCUT2D eigenvalue weighted by atomic mass is 9.98. The first kappa shape index (κ1) is 12.6. The molecule has 0 bridgehead atoms. The first-order chi connectivity index (χ1) is 8.40. The van der Waals surface area contributed by atoms with Crippen molar-refractivity contribution >= 4 is 0 Å². The van der Waals surface area contributed by atoms with Crippen molar-refractivity contribution in [3.8, 4) is 0 Å². The van der Waals surface area contributed by atoms with Gasteiger partial charge in [0.05, 0.1) is 0 Å². The summed E-state index contributed by atoms with van der Waals surface area (Å²) in [6.45, 7) is 4.38. The smallest absolute Gasteiger partial charge is 0.00888 e. The van der Waals surface area contributed by atoms with Crippen LogP contribution in [-0.4, -0.2) is 31.1 Å². The van der Waals surface area contributed by atoms with Crippen LogP contribution in [-0.2, 0) is 0 Å². The van der Waals surface area contributed by atoms with Crippen molar-refractivity contribution in [1.29, 1.82) is 0 Å². The summed E-state index contributed by atoms with van der Waals surface area (Å²) in [6.07, 6.45) is 5.50. The Morgan fingerprint density at radius 1 is 1.00 bits per heavy atom. The molecule has 1 unspecified atom stereocenters. The third-order valence-corrected chi connectivity index (χ3v) is 3.73. The van der Waals surface area contributed by atoms with Crippen LogP contribution in [0.1, 0.15) is 37.2 Å². The average Bonchev–Trinajstić information content (AvgIpc) is 2.65. The number of hydrogen-bond donors (Lipinski definition) is 1. The number of nitrogens with two attached hydrogens (primary N) is 1. The van der Waals surface area contributed by atoms with Crippen LogP contribution in [0, 0.1) is 0 Å². The molecule has 17 heavy (non-hydrogen) atoms. The Bertz CT molecular complexity index is 302. The molecule has 1 atom stereocenters. The van der Waals surface area contributed by atoms with Crippen LogP contribution in [0.3, 0.4) is 0 Å². The van der Waals surface area contributed by atoms with Crippen LogP contribution < -0.4 is 5.73 Å². The van der Waals surface area contributed by atoms with E-state index < -0.39 is 0 Å². The van der Waals surface area contributed by atoms with Gasteiger partial charge in [0.15, 0.2) is 0 Å². The zero-order chi connectivity index (χ0) is 11.9. The van der Waals surface area contributed by atoms with Crippen LogP contribution in [0.25, 0.3) is 0 Å². The first-order valence-electron chi connectivity index (χ1n) is 6.87. The minimum Gasteiger partial charge on any atom is -0.330 e. The molecule has 1 aliphatic heterocycles. The highest BCUT2D eigenvalue weighted by Crippen LogP contribution is 2.18. The molecular weight excluding hydrogens is 208 g/mol. The van der Waals surface area contributed by atoms with Crippen LogP contribution in [0.15, 0.2) is 30.3 Å². The molecule has 0 amide bonds. The second-order valence-electron chi connectivity index (χ2n) is 5.06. The van der Waals surface area contributed by atoms with Gasteiger partial charge in [0, 0.05) is 19.0 Å². The Kier molecular flexibility index (Phi) is 5.02. The Morgan fingerprint density at radius 2 is 1.65 bits per heavy atom. The quantitative estimate of drug-likeness (QED) is 0.864. The van der Waals surface area contributed by atoms with Gasteiger partial charge in [-0.2, -0.15) is 0 Å². The predicted molar refractivity (Wildman–Crippen MR) is 73.1 cm³/mol. The highest BCUT2D eigenvalue weighted by Gasteiger charge is 2.15. The van der Waals surface area contributed by atoms with E-state index in [2.05, 4.69) is 35.2 Å². The molecule has 1 heterocycles. The fourth-order valence-electron chi connectivity index (χ4n) is 2.67. The maximum absolute atomic E-state index is 5.93. The van der Waals surface area contributed by atoms with Crippen molar-refractivity contribution in [2.75, 3.05) is 26.2 Å². The Balaban J connectivity index is 1.94. The van der Waals surface area contributed by atoms with E-state index in [0.717, 1.165) is 13.1 Å². The highest BCUT2D eigenvalue weighted by molar-refractivity contribution is 5.20. The molecule has 0 aliphatic carbocycles. The maximum Gasteiger partial charge on any atom is 0.00888 e. The molecule has 0 aromatic heterocycles. The molecule has 1 fully saturated rings. The molecule has 0 spiro atoms. The minimum absolute atomic E-state index is 0.495. The molecule has 2 rings (SSSR count). The van der Waals surface area contributed by atoms with E-state index in [9.17, 15) is 0 Å². The molecule has 2 nitrogen and oxygen atoms in total. The van der Waals surface area contributed by atoms with Gasteiger partial charge in [-0.15, -0.1) is 0 Å². The number of benzene rings is 1. The summed E-state index contributed by atoms with van der Waals surface area (Å²) in [5.41, 5.74) is 7.32. The van der Waals surface area contributed by atoms with Crippen molar-refractivity contribution in [1.82, 2.24) is 4.90 Å². The van der Waals surface area contributed by atoms with Gasteiger partial charge in [-0.1, -0.05) is 43.2 Å². The number of likely N-dealkylation sites (tertiary alicyclic amines) is 1. The van der Waals surface area contributed by atoms with Gasteiger partial charge in [-0.3, -0.25) is 0 Å². The molecule has 0 radical (unpaired) electrons. The van der Waals surface area contributed by atoms with Gasteiger partial charge in [0.25, 0.3) is 0 Å². The van der Waals surface area contributed by atoms with Gasteiger partial charge in [0.2, 0.25) is 0 Å². The van der Waals surface area contributed by atoms with Crippen LogP contribution in [0.2, 0.25) is 0 Å². The molecule has 2 N–H and O–H groups in total. The van der Waals surface area contributed by atoms with Crippen molar-refractivity contribution < 1.29 is 0 Å². The number of hydrogen-bond acceptors (Lipinski definition) is 2. The monoisotopic (exact) mass is 232 g/mol. The molecular formula is C15H24N2. The van der Waals surface area contributed by atoms with Gasteiger partial charge < -0.3 is 10.6 Å². The molecule has 94 valence electrons. The zero-order valence-electron chi connectivity index (χ0n) is 10.6. The van der Waals surface area contributed by atoms with Crippen molar-refractivity contribution in [3.05, 3.63) is 35.9 Å². The third kappa shape index (κ3) is 3.83. The SMILES string of the molecule is NCC(CN1CCCCCC1)c1ccccc1. The summed E-state index contributed by atoms with van der Waals surface area (Å²) in [7, 11) is 0. The fourth-order valence-corrected chi connectivity index (χ4v) is 2.67. The summed E-state index contributed by atoms with van der Waals surface area (Å²) >= 11 is 0. The Labute approximate surface area is 105 Å². The minimum atomic E-state index is 0.495. The third-order valence-electron chi connectivity index (χ3n) is 3.73. The zero-order valence-corrected chi connectivity index (χ0v) is 10.6. The number of rotatable bonds is 4. The molecule has 1 saturated heterocycles. The predicted octanol–water partition coefficient (Wildman–Crippen LogP) is 2.60. The lowest BCUT2D eigenvalue weighted by Gasteiger charge is -2.25. The topological polar surface area (TPSA) is 29.3 Å².